The zero-order chi connectivity index (χ0) is 11.3. The number of aromatic nitrogens is 2. The van der Waals surface area contributed by atoms with E-state index in [4.69, 9.17) is 0 Å². The lowest BCUT2D eigenvalue weighted by atomic mass is 9.81. The molecule has 3 heteroatoms. The predicted octanol–water partition coefficient (Wildman–Crippen LogP) is 2.25. The van der Waals surface area contributed by atoms with E-state index in [1.165, 1.54) is 0 Å². The molecule has 0 aliphatic carbocycles. The zero-order valence-corrected chi connectivity index (χ0v) is 10.1. The van der Waals surface area contributed by atoms with Gasteiger partial charge in [0.2, 0.25) is 0 Å². The van der Waals surface area contributed by atoms with Crippen LogP contribution in [0.5, 0.6) is 0 Å². The minimum Gasteiger partial charge on any atom is -0.312 e. The predicted molar refractivity (Wildman–Crippen MR) is 62.4 cm³/mol. The lowest BCUT2D eigenvalue weighted by Crippen LogP contribution is -2.33. The van der Waals surface area contributed by atoms with Crippen LogP contribution in [-0.4, -0.2) is 16.5 Å². The molecule has 1 rings (SSSR count). The highest BCUT2D eigenvalue weighted by Gasteiger charge is 2.21. The van der Waals surface area contributed by atoms with E-state index in [0.29, 0.717) is 11.3 Å². The second-order valence-corrected chi connectivity index (χ2v) is 4.99. The van der Waals surface area contributed by atoms with Crippen molar-refractivity contribution in [2.45, 2.75) is 34.2 Å². The van der Waals surface area contributed by atoms with E-state index in [1.807, 2.05) is 12.4 Å². The number of hydrogen-bond acceptors (Lipinski definition) is 3. The fraction of sp³-hybridized carbons (Fsp3) is 0.667. The van der Waals surface area contributed by atoms with Crippen molar-refractivity contribution in [2.24, 2.45) is 11.3 Å². The SMILES string of the molecule is CC(C)C(C)(C)CNCc1cncnc1. The minimum absolute atomic E-state index is 0.329. The molecule has 0 atom stereocenters. The Hall–Kier alpha value is -0.960. The summed E-state index contributed by atoms with van der Waals surface area (Å²) in [5.74, 6) is 0.678. The van der Waals surface area contributed by atoms with Crippen LogP contribution in [-0.2, 0) is 6.54 Å². The lowest BCUT2D eigenvalue weighted by molar-refractivity contribution is 0.238. The Labute approximate surface area is 92.3 Å². The van der Waals surface area contributed by atoms with Gasteiger partial charge in [0.1, 0.15) is 6.33 Å². The average molecular weight is 207 g/mol. The molecule has 0 unspecified atom stereocenters. The van der Waals surface area contributed by atoms with Gasteiger partial charge in [0.15, 0.2) is 0 Å². The number of nitrogens with one attached hydrogen (secondary N) is 1. The highest BCUT2D eigenvalue weighted by Crippen LogP contribution is 2.24. The lowest BCUT2D eigenvalue weighted by Gasteiger charge is -2.29. The minimum atomic E-state index is 0.329. The maximum atomic E-state index is 3.98. The summed E-state index contributed by atoms with van der Waals surface area (Å²) in [5.41, 5.74) is 1.47. The second-order valence-electron chi connectivity index (χ2n) is 4.99. The van der Waals surface area contributed by atoms with Crippen LogP contribution in [0.4, 0.5) is 0 Å². The van der Waals surface area contributed by atoms with Gasteiger partial charge in [-0.15, -0.1) is 0 Å². The van der Waals surface area contributed by atoms with Gasteiger partial charge < -0.3 is 5.32 Å². The summed E-state index contributed by atoms with van der Waals surface area (Å²) in [6.45, 7) is 10.9. The first-order chi connectivity index (χ1) is 7.02. The molecular formula is C12H21N3. The van der Waals surface area contributed by atoms with E-state index in [-0.39, 0.29) is 0 Å². The van der Waals surface area contributed by atoms with Gasteiger partial charge >= 0.3 is 0 Å². The van der Waals surface area contributed by atoms with Gasteiger partial charge in [0, 0.05) is 31.0 Å². The molecule has 3 nitrogen and oxygen atoms in total. The first kappa shape index (κ1) is 12.1. The molecule has 0 aliphatic rings. The summed E-state index contributed by atoms with van der Waals surface area (Å²) >= 11 is 0. The standard InChI is InChI=1S/C12H21N3/c1-10(2)12(3,4)8-13-5-11-6-14-9-15-7-11/h6-7,9-10,13H,5,8H2,1-4H3. The molecule has 0 amide bonds. The first-order valence-electron chi connectivity index (χ1n) is 5.47. The van der Waals surface area contributed by atoms with Crippen LogP contribution in [0.25, 0.3) is 0 Å². The van der Waals surface area contributed by atoms with Crippen LogP contribution < -0.4 is 5.32 Å². The van der Waals surface area contributed by atoms with Crippen molar-refractivity contribution in [3.63, 3.8) is 0 Å². The quantitative estimate of drug-likeness (QED) is 0.804. The monoisotopic (exact) mass is 207 g/mol. The molecule has 0 aromatic carbocycles. The van der Waals surface area contributed by atoms with E-state index < -0.39 is 0 Å². The van der Waals surface area contributed by atoms with Gasteiger partial charge in [-0.1, -0.05) is 27.7 Å². The molecule has 0 saturated heterocycles. The molecule has 1 aromatic heterocycles. The Kier molecular flexibility index (Phi) is 4.21. The second kappa shape index (κ2) is 5.21. The smallest absolute Gasteiger partial charge is 0.115 e. The largest absolute Gasteiger partial charge is 0.312 e. The van der Waals surface area contributed by atoms with E-state index in [1.54, 1.807) is 6.33 Å². The Morgan fingerprint density at radius 3 is 2.40 bits per heavy atom. The summed E-state index contributed by atoms with van der Waals surface area (Å²) in [5, 5.41) is 3.44. The highest BCUT2D eigenvalue weighted by molar-refractivity contribution is 5.01. The molecule has 0 fully saturated rings. The van der Waals surface area contributed by atoms with Crippen LogP contribution in [0.1, 0.15) is 33.3 Å². The zero-order valence-electron chi connectivity index (χ0n) is 10.1. The van der Waals surface area contributed by atoms with Crippen LogP contribution in [0.2, 0.25) is 0 Å². The van der Waals surface area contributed by atoms with Crippen molar-refractivity contribution in [1.29, 1.82) is 0 Å². The van der Waals surface area contributed by atoms with Crippen LogP contribution in [0.15, 0.2) is 18.7 Å². The molecule has 84 valence electrons. The summed E-state index contributed by atoms with van der Waals surface area (Å²) in [7, 11) is 0. The molecule has 0 saturated carbocycles. The fourth-order valence-electron chi connectivity index (χ4n) is 1.15. The topological polar surface area (TPSA) is 37.8 Å². The fourth-order valence-corrected chi connectivity index (χ4v) is 1.15. The van der Waals surface area contributed by atoms with E-state index in [9.17, 15) is 0 Å². The molecule has 1 aromatic rings. The van der Waals surface area contributed by atoms with Crippen molar-refractivity contribution in [3.05, 3.63) is 24.3 Å². The maximum Gasteiger partial charge on any atom is 0.115 e. The van der Waals surface area contributed by atoms with Gasteiger partial charge in [-0.25, -0.2) is 9.97 Å². The van der Waals surface area contributed by atoms with Crippen LogP contribution in [0.3, 0.4) is 0 Å². The molecular weight excluding hydrogens is 186 g/mol. The summed E-state index contributed by atoms with van der Waals surface area (Å²) in [6, 6.07) is 0. The number of hydrogen-bond donors (Lipinski definition) is 1. The van der Waals surface area contributed by atoms with E-state index >= 15 is 0 Å². The van der Waals surface area contributed by atoms with Crippen molar-refractivity contribution in [1.82, 2.24) is 15.3 Å². The number of nitrogens with zero attached hydrogens (tertiary/aromatic N) is 2. The third-order valence-electron chi connectivity index (χ3n) is 3.09. The van der Waals surface area contributed by atoms with Crippen LogP contribution >= 0.6 is 0 Å². The average Bonchev–Trinajstić information content (AvgIpc) is 2.19. The van der Waals surface area contributed by atoms with Gasteiger partial charge in [0.25, 0.3) is 0 Å². The van der Waals surface area contributed by atoms with Crippen molar-refractivity contribution in [2.75, 3.05) is 6.54 Å². The third kappa shape index (κ3) is 3.96. The Morgan fingerprint density at radius 2 is 1.87 bits per heavy atom. The maximum absolute atomic E-state index is 3.98. The number of rotatable bonds is 5. The van der Waals surface area contributed by atoms with E-state index in [0.717, 1.165) is 18.7 Å². The third-order valence-corrected chi connectivity index (χ3v) is 3.09. The van der Waals surface area contributed by atoms with Crippen molar-refractivity contribution < 1.29 is 0 Å². The molecule has 0 aliphatic heterocycles. The van der Waals surface area contributed by atoms with Gasteiger partial charge in [0.05, 0.1) is 0 Å². The molecule has 0 bridgehead atoms. The van der Waals surface area contributed by atoms with Crippen molar-refractivity contribution in [3.8, 4) is 0 Å². The molecule has 0 spiro atoms. The highest BCUT2D eigenvalue weighted by atomic mass is 14.9. The molecule has 1 N–H and O–H groups in total. The molecule has 0 radical (unpaired) electrons. The normalized spacial score (nSPS) is 12.1. The van der Waals surface area contributed by atoms with Gasteiger partial charge in [-0.2, -0.15) is 0 Å². The van der Waals surface area contributed by atoms with Gasteiger partial charge in [-0.05, 0) is 11.3 Å². The van der Waals surface area contributed by atoms with Gasteiger partial charge in [-0.3, -0.25) is 0 Å². The Morgan fingerprint density at radius 1 is 1.27 bits per heavy atom. The van der Waals surface area contributed by atoms with E-state index in [2.05, 4.69) is 43.0 Å². The summed E-state index contributed by atoms with van der Waals surface area (Å²) < 4.78 is 0. The first-order valence-corrected chi connectivity index (χ1v) is 5.47. The molecule has 1 heterocycles. The van der Waals surface area contributed by atoms with Crippen LogP contribution in [0, 0.1) is 11.3 Å². The van der Waals surface area contributed by atoms with Crippen molar-refractivity contribution >= 4 is 0 Å². The Balaban J connectivity index is 2.34. The Bertz CT molecular complexity index is 280. The summed E-state index contributed by atoms with van der Waals surface area (Å²) in [4.78, 5) is 7.97. The molecule has 15 heavy (non-hydrogen) atoms. The summed E-state index contributed by atoms with van der Waals surface area (Å²) in [6.07, 6.45) is 5.26.